The standard InChI is InChI=1S/C8H9N5O2S/c14-8(15)6-7(16-5-10-6)9-1-3-13-4-2-11-12-13/h2,4-5,9H,1,3H2,(H,14,15). The van der Waals surface area contributed by atoms with Gasteiger partial charge in [-0.3, -0.25) is 4.68 Å². The van der Waals surface area contributed by atoms with Gasteiger partial charge >= 0.3 is 5.97 Å². The molecule has 0 saturated heterocycles. The molecule has 0 bridgehead atoms. The summed E-state index contributed by atoms with van der Waals surface area (Å²) in [6.45, 7) is 1.20. The van der Waals surface area contributed by atoms with Gasteiger partial charge in [-0.2, -0.15) is 0 Å². The van der Waals surface area contributed by atoms with E-state index < -0.39 is 5.97 Å². The number of rotatable bonds is 5. The van der Waals surface area contributed by atoms with Crippen LogP contribution in [0.3, 0.4) is 0 Å². The van der Waals surface area contributed by atoms with Crippen molar-refractivity contribution in [3.05, 3.63) is 23.6 Å². The van der Waals surface area contributed by atoms with Crippen LogP contribution in [0.25, 0.3) is 0 Å². The molecule has 0 aromatic carbocycles. The molecule has 0 saturated carbocycles. The molecule has 8 heteroatoms. The van der Waals surface area contributed by atoms with E-state index in [1.54, 1.807) is 17.1 Å². The Kier molecular flexibility index (Phi) is 3.10. The van der Waals surface area contributed by atoms with Gasteiger partial charge in [0, 0.05) is 12.7 Å². The normalized spacial score (nSPS) is 10.2. The second kappa shape index (κ2) is 4.71. The van der Waals surface area contributed by atoms with Crippen molar-refractivity contribution in [2.75, 3.05) is 11.9 Å². The Bertz CT molecular complexity index is 466. The van der Waals surface area contributed by atoms with Crippen LogP contribution in [0.15, 0.2) is 17.9 Å². The Hall–Kier alpha value is -1.96. The average molecular weight is 239 g/mol. The van der Waals surface area contributed by atoms with E-state index in [-0.39, 0.29) is 5.69 Å². The van der Waals surface area contributed by atoms with Gasteiger partial charge in [0.05, 0.1) is 18.3 Å². The van der Waals surface area contributed by atoms with Crippen LogP contribution >= 0.6 is 11.3 Å². The fourth-order valence-electron chi connectivity index (χ4n) is 1.16. The van der Waals surface area contributed by atoms with E-state index in [4.69, 9.17) is 5.11 Å². The summed E-state index contributed by atoms with van der Waals surface area (Å²) in [5.41, 5.74) is 1.56. The van der Waals surface area contributed by atoms with Gasteiger partial charge in [0.1, 0.15) is 5.00 Å². The van der Waals surface area contributed by atoms with E-state index in [0.717, 1.165) is 0 Å². The number of carboxylic acids is 1. The Morgan fingerprint density at radius 1 is 1.62 bits per heavy atom. The molecule has 0 aliphatic heterocycles. The van der Waals surface area contributed by atoms with Crippen LogP contribution in [0.5, 0.6) is 0 Å². The van der Waals surface area contributed by atoms with Crippen molar-refractivity contribution in [3.63, 3.8) is 0 Å². The number of carbonyl (C=O) groups is 1. The Morgan fingerprint density at radius 3 is 3.19 bits per heavy atom. The van der Waals surface area contributed by atoms with Crippen molar-refractivity contribution in [1.82, 2.24) is 20.0 Å². The molecule has 0 radical (unpaired) electrons. The largest absolute Gasteiger partial charge is 0.476 e. The summed E-state index contributed by atoms with van der Waals surface area (Å²) < 4.78 is 1.66. The predicted octanol–water partition coefficient (Wildman–Crippen LogP) is 0.545. The van der Waals surface area contributed by atoms with Crippen LogP contribution in [-0.2, 0) is 6.54 Å². The molecular formula is C8H9N5O2S. The van der Waals surface area contributed by atoms with Gasteiger partial charge in [-0.1, -0.05) is 5.21 Å². The number of aromatic carboxylic acids is 1. The molecule has 0 aliphatic carbocycles. The Balaban J connectivity index is 1.90. The lowest BCUT2D eigenvalue weighted by Gasteiger charge is -2.03. The molecule has 7 nitrogen and oxygen atoms in total. The van der Waals surface area contributed by atoms with Gasteiger partial charge in [-0.15, -0.1) is 16.4 Å². The first kappa shape index (κ1) is 10.6. The SMILES string of the molecule is O=C(O)c1ncsc1NCCn1ccnn1. The van der Waals surface area contributed by atoms with Crippen molar-refractivity contribution in [2.45, 2.75) is 6.54 Å². The number of aromatic nitrogens is 4. The highest BCUT2D eigenvalue weighted by Gasteiger charge is 2.12. The Labute approximate surface area is 94.7 Å². The first-order valence-electron chi connectivity index (χ1n) is 4.52. The molecular weight excluding hydrogens is 230 g/mol. The zero-order valence-electron chi connectivity index (χ0n) is 8.20. The highest BCUT2D eigenvalue weighted by atomic mass is 32.1. The molecule has 2 N–H and O–H groups in total. The van der Waals surface area contributed by atoms with E-state index in [2.05, 4.69) is 20.6 Å². The molecule has 0 spiro atoms. The number of thiazole rings is 1. The first-order valence-corrected chi connectivity index (χ1v) is 5.40. The van der Waals surface area contributed by atoms with Crippen molar-refractivity contribution in [1.29, 1.82) is 0 Å². The molecule has 0 fully saturated rings. The predicted molar refractivity (Wildman–Crippen MR) is 57.6 cm³/mol. The van der Waals surface area contributed by atoms with Crippen LogP contribution in [0, 0.1) is 0 Å². The molecule has 84 valence electrons. The maximum Gasteiger partial charge on any atom is 0.357 e. The zero-order chi connectivity index (χ0) is 11.4. The molecule has 16 heavy (non-hydrogen) atoms. The quantitative estimate of drug-likeness (QED) is 0.791. The van der Waals surface area contributed by atoms with Crippen LogP contribution in [0.1, 0.15) is 10.5 Å². The summed E-state index contributed by atoms with van der Waals surface area (Å²) in [5, 5.41) is 19.8. The van der Waals surface area contributed by atoms with Crippen molar-refractivity contribution in [2.24, 2.45) is 0 Å². The monoisotopic (exact) mass is 239 g/mol. The van der Waals surface area contributed by atoms with E-state index in [9.17, 15) is 4.79 Å². The third-order valence-electron chi connectivity index (χ3n) is 1.87. The second-order valence-corrected chi connectivity index (χ2v) is 3.78. The number of carboxylic acid groups (broad SMARTS) is 1. The fourth-order valence-corrected chi connectivity index (χ4v) is 1.86. The minimum Gasteiger partial charge on any atom is -0.476 e. The number of nitrogens with one attached hydrogen (secondary N) is 1. The zero-order valence-corrected chi connectivity index (χ0v) is 9.02. The molecule has 0 amide bonds. The first-order chi connectivity index (χ1) is 7.77. The van der Waals surface area contributed by atoms with Gasteiger partial charge in [0.25, 0.3) is 0 Å². The van der Waals surface area contributed by atoms with Crippen molar-refractivity contribution < 1.29 is 9.90 Å². The van der Waals surface area contributed by atoms with E-state index >= 15 is 0 Å². The minimum absolute atomic E-state index is 0.0589. The van der Waals surface area contributed by atoms with E-state index in [1.165, 1.54) is 16.8 Å². The second-order valence-electron chi connectivity index (χ2n) is 2.93. The molecule has 2 aromatic heterocycles. The summed E-state index contributed by atoms with van der Waals surface area (Å²) in [4.78, 5) is 14.5. The van der Waals surface area contributed by atoms with Crippen molar-refractivity contribution in [3.8, 4) is 0 Å². The van der Waals surface area contributed by atoms with Gasteiger partial charge < -0.3 is 10.4 Å². The van der Waals surface area contributed by atoms with Crippen LogP contribution in [0.2, 0.25) is 0 Å². The lowest BCUT2D eigenvalue weighted by Crippen LogP contribution is -2.12. The molecule has 0 atom stereocenters. The lowest BCUT2D eigenvalue weighted by atomic mass is 10.4. The van der Waals surface area contributed by atoms with Gasteiger partial charge in [-0.05, 0) is 0 Å². The Morgan fingerprint density at radius 2 is 2.50 bits per heavy atom. The topological polar surface area (TPSA) is 92.9 Å². The van der Waals surface area contributed by atoms with E-state index in [0.29, 0.717) is 18.1 Å². The third kappa shape index (κ3) is 2.34. The molecule has 2 heterocycles. The van der Waals surface area contributed by atoms with Gasteiger partial charge in [0.2, 0.25) is 0 Å². The average Bonchev–Trinajstić information content (AvgIpc) is 2.87. The molecule has 0 unspecified atom stereocenters. The summed E-state index contributed by atoms with van der Waals surface area (Å²) >= 11 is 1.27. The maximum atomic E-state index is 10.8. The maximum absolute atomic E-state index is 10.8. The lowest BCUT2D eigenvalue weighted by molar-refractivity contribution is 0.0692. The van der Waals surface area contributed by atoms with Gasteiger partial charge in [0.15, 0.2) is 5.69 Å². The summed E-state index contributed by atoms with van der Waals surface area (Å²) in [6.07, 6.45) is 3.34. The molecule has 0 aliphatic rings. The number of nitrogens with zero attached hydrogens (tertiary/aromatic N) is 4. The molecule has 2 rings (SSSR count). The van der Waals surface area contributed by atoms with Crippen LogP contribution in [-0.4, -0.2) is 37.6 Å². The van der Waals surface area contributed by atoms with Crippen molar-refractivity contribution >= 4 is 22.3 Å². The highest BCUT2D eigenvalue weighted by molar-refractivity contribution is 7.14. The van der Waals surface area contributed by atoms with Gasteiger partial charge in [-0.25, -0.2) is 9.78 Å². The fraction of sp³-hybridized carbons (Fsp3) is 0.250. The number of anilines is 1. The number of hydrogen-bond acceptors (Lipinski definition) is 6. The van der Waals surface area contributed by atoms with E-state index in [1.807, 2.05) is 0 Å². The summed E-state index contributed by atoms with van der Waals surface area (Å²) in [7, 11) is 0. The van der Waals surface area contributed by atoms with Crippen LogP contribution in [0.4, 0.5) is 5.00 Å². The summed E-state index contributed by atoms with van der Waals surface area (Å²) in [6, 6.07) is 0. The molecule has 2 aromatic rings. The highest BCUT2D eigenvalue weighted by Crippen LogP contribution is 2.19. The van der Waals surface area contributed by atoms with Crippen LogP contribution < -0.4 is 5.32 Å². The summed E-state index contributed by atoms with van der Waals surface area (Å²) in [5.74, 6) is -1.02. The smallest absolute Gasteiger partial charge is 0.357 e. The minimum atomic E-state index is -1.02. The number of hydrogen-bond donors (Lipinski definition) is 2. The third-order valence-corrected chi connectivity index (χ3v) is 2.65.